The van der Waals surface area contributed by atoms with Gasteiger partial charge in [-0.2, -0.15) is 0 Å². The molecule has 0 spiro atoms. The topological polar surface area (TPSA) is 64.0 Å². The third-order valence-electron chi connectivity index (χ3n) is 5.73. The summed E-state index contributed by atoms with van der Waals surface area (Å²) in [5, 5.41) is 5.93. The Morgan fingerprint density at radius 3 is 2.53 bits per heavy atom. The fraction of sp³-hybridized carbons (Fsp3) is 0.240. The number of aromatic nitrogens is 2. The number of nitrogens with zero attached hydrogens (tertiary/aromatic N) is 2. The van der Waals surface area contributed by atoms with Crippen LogP contribution in [0.5, 0.6) is 0 Å². The van der Waals surface area contributed by atoms with Gasteiger partial charge in [0.2, 0.25) is 5.91 Å². The Morgan fingerprint density at radius 1 is 1.12 bits per heavy atom. The third kappa shape index (κ3) is 4.08. The van der Waals surface area contributed by atoms with Crippen molar-refractivity contribution < 1.29 is 4.79 Å². The first-order valence-corrected chi connectivity index (χ1v) is 11.7. The molecule has 1 N–H and O–H groups in total. The molecule has 0 fully saturated rings. The van der Waals surface area contributed by atoms with E-state index in [9.17, 15) is 9.59 Å². The molecule has 1 amide bonds. The molecule has 0 aliphatic heterocycles. The number of fused-ring (bicyclic) bond motifs is 1. The van der Waals surface area contributed by atoms with Gasteiger partial charge in [-0.1, -0.05) is 55.8 Å². The molecule has 4 aromatic rings. The third-order valence-corrected chi connectivity index (χ3v) is 7.03. The Kier molecular flexibility index (Phi) is 6.17. The van der Waals surface area contributed by atoms with Crippen LogP contribution in [-0.2, 0) is 4.79 Å². The first-order valence-electron chi connectivity index (χ1n) is 10.4. The van der Waals surface area contributed by atoms with Gasteiger partial charge in [0.15, 0.2) is 0 Å². The first-order chi connectivity index (χ1) is 15.3. The van der Waals surface area contributed by atoms with Crippen LogP contribution in [0.4, 0.5) is 5.69 Å². The zero-order chi connectivity index (χ0) is 23.0. The van der Waals surface area contributed by atoms with Crippen molar-refractivity contribution in [1.29, 1.82) is 0 Å². The van der Waals surface area contributed by atoms with Gasteiger partial charge in [0.05, 0.1) is 11.7 Å². The van der Waals surface area contributed by atoms with Crippen molar-refractivity contribution in [2.75, 3.05) is 5.32 Å². The molecule has 1 unspecified atom stereocenters. The largest absolute Gasteiger partial charge is 0.324 e. The van der Waals surface area contributed by atoms with E-state index in [0.29, 0.717) is 26.8 Å². The molecule has 7 heteroatoms. The van der Waals surface area contributed by atoms with E-state index >= 15 is 0 Å². The van der Waals surface area contributed by atoms with Crippen molar-refractivity contribution in [2.24, 2.45) is 0 Å². The van der Waals surface area contributed by atoms with Crippen molar-refractivity contribution in [3.63, 3.8) is 0 Å². The average Bonchev–Trinajstić information content (AvgIpc) is 3.22. The quantitative estimate of drug-likeness (QED) is 0.370. The van der Waals surface area contributed by atoms with E-state index in [1.165, 1.54) is 27.8 Å². The van der Waals surface area contributed by atoms with Crippen LogP contribution in [0.2, 0.25) is 5.02 Å². The van der Waals surface area contributed by atoms with E-state index in [1.807, 2.05) is 24.4 Å². The summed E-state index contributed by atoms with van der Waals surface area (Å²) in [5.41, 5.74) is 4.21. The lowest BCUT2D eigenvalue weighted by atomic mass is 9.99. The molecule has 0 saturated heterocycles. The number of amides is 1. The normalized spacial score (nSPS) is 12.3. The summed E-state index contributed by atoms with van der Waals surface area (Å²) in [4.78, 5) is 31.4. The molecule has 0 radical (unpaired) electrons. The molecule has 0 bridgehead atoms. The smallest absolute Gasteiger partial charge is 0.263 e. The number of benzene rings is 2. The number of thiophene rings is 1. The van der Waals surface area contributed by atoms with Gasteiger partial charge in [-0.3, -0.25) is 14.2 Å². The maximum Gasteiger partial charge on any atom is 0.263 e. The van der Waals surface area contributed by atoms with Crippen molar-refractivity contribution in [1.82, 2.24) is 9.55 Å². The second kappa shape index (κ2) is 8.88. The highest BCUT2D eigenvalue weighted by atomic mass is 35.5. The minimum Gasteiger partial charge on any atom is -0.324 e. The molecular weight excluding hydrogens is 442 g/mol. The van der Waals surface area contributed by atoms with E-state index in [1.54, 1.807) is 25.1 Å². The molecular formula is C25H24ClN3O2S. The number of hydrogen-bond donors (Lipinski definition) is 1. The van der Waals surface area contributed by atoms with E-state index in [4.69, 9.17) is 11.6 Å². The van der Waals surface area contributed by atoms with E-state index in [2.05, 4.69) is 36.3 Å². The Hall–Kier alpha value is -2.96. The molecule has 0 aliphatic carbocycles. The lowest BCUT2D eigenvalue weighted by molar-refractivity contribution is -0.118. The van der Waals surface area contributed by atoms with Gasteiger partial charge >= 0.3 is 0 Å². The van der Waals surface area contributed by atoms with Gasteiger partial charge in [0, 0.05) is 21.7 Å². The first kappa shape index (κ1) is 22.2. The van der Waals surface area contributed by atoms with Gasteiger partial charge in [-0.05, 0) is 48.6 Å². The van der Waals surface area contributed by atoms with E-state index in [-0.39, 0.29) is 11.5 Å². The van der Waals surface area contributed by atoms with Crippen LogP contribution in [0.3, 0.4) is 0 Å². The zero-order valence-corrected chi connectivity index (χ0v) is 19.9. The molecule has 164 valence electrons. The van der Waals surface area contributed by atoms with Crippen molar-refractivity contribution in [3.05, 3.63) is 80.7 Å². The number of halogens is 1. The standard InChI is InChI=1S/C25H24ClN3O2S/c1-14(2)17-8-10-18(11-9-17)19-12-32-24-22(19)25(31)29(13-27-24)16(4)23(30)28-21-7-5-6-20(26)15(21)3/h5-14,16H,1-4H3,(H,28,30). The number of carbonyl (C=O) groups is 1. The number of anilines is 1. The summed E-state index contributed by atoms with van der Waals surface area (Å²) in [6, 6.07) is 12.8. The van der Waals surface area contributed by atoms with Crippen molar-refractivity contribution >= 4 is 44.7 Å². The Bertz CT molecular complexity index is 1360. The summed E-state index contributed by atoms with van der Waals surface area (Å²) >= 11 is 7.59. The number of nitrogens with one attached hydrogen (secondary N) is 1. The predicted octanol–water partition coefficient (Wildman–Crippen LogP) is 6.41. The molecule has 2 aromatic carbocycles. The molecule has 4 rings (SSSR count). The van der Waals surface area contributed by atoms with Gasteiger partial charge in [-0.15, -0.1) is 11.3 Å². The highest BCUT2D eigenvalue weighted by molar-refractivity contribution is 7.17. The van der Waals surface area contributed by atoms with Gasteiger partial charge < -0.3 is 5.32 Å². The second-order valence-corrected chi connectivity index (χ2v) is 9.41. The molecule has 0 aliphatic rings. The second-order valence-electron chi connectivity index (χ2n) is 8.14. The van der Waals surface area contributed by atoms with Crippen LogP contribution in [0.15, 0.2) is 59.0 Å². The minimum atomic E-state index is -0.742. The number of hydrogen-bond acceptors (Lipinski definition) is 4. The predicted molar refractivity (Wildman–Crippen MR) is 133 cm³/mol. The molecule has 1 atom stereocenters. The summed E-state index contributed by atoms with van der Waals surface area (Å²) < 4.78 is 1.39. The number of carbonyl (C=O) groups excluding carboxylic acids is 1. The monoisotopic (exact) mass is 465 g/mol. The zero-order valence-electron chi connectivity index (χ0n) is 18.3. The maximum absolute atomic E-state index is 13.4. The molecule has 5 nitrogen and oxygen atoms in total. The fourth-order valence-corrected chi connectivity index (χ4v) is 4.67. The van der Waals surface area contributed by atoms with Crippen LogP contribution in [0, 0.1) is 6.92 Å². The Balaban J connectivity index is 1.70. The number of rotatable bonds is 5. The Labute approximate surface area is 195 Å². The van der Waals surface area contributed by atoms with Gasteiger partial charge in [0.1, 0.15) is 10.9 Å². The lowest BCUT2D eigenvalue weighted by Gasteiger charge is -2.16. The Morgan fingerprint density at radius 2 is 1.84 bits per heavy atom. The molecule has 2 aromatic heterocycles. The van der Waals surface area contributed by atoms with Gasteiger partial charge in [-0.25, -0.2) is 4.98 Å². The van der Waals surface area contributed by atoms with Crippen LogP contribution in [0.25, 0.3) is 21.3 Å². The van der Waals surface area contributed by atoms with Crippen LogP contribution >= 0.6 is 22.9 Å². The van der Waals surface area contributed by atoms with Crippen molar-refractivity contribution in [3.8, 4) is 11.1 Å². The molecule has 0 saturated carbocycles. The molecule has 32 heavy (non-hydrogen) atoms. The lowest BCUT2D eigenvalue weighted by Crippen LogP contribution is -2.31. The van der Waals surface area contributed by atoms with Gasteiger partial charge in [0.25, 0.3) is 5.56 Å². The highest BCUT2D eigenvalue weighted by Gasteiger charge is 2.21. The summed E-state index contributed by atoms with van der Waals surface area (Å²) in [7, 11) is 0. The van der Waals surface area contributed by atoms with Crippen LogP contribution in [0.1, 0.15) is 43.9 Å². The van der Waals surface area contributed by atoms with E-state index in [0.717, 1.165) is 16.7 Å². The van der Waals surface area contributed by atoms with Crippen molar-refractivity contribution in [2.45, 2.75) is 39.7 Å². The maximum atomic E-state index is 13.4. The highest BCUT2D eigenvalue weighted by Crippen LogP contribution is 2.32. The summed E-state index contributed by atoms with van der Waals surface area (Å²) in [5.74, 6) is 0.126. The fourth-order valence-electron chi connectivity index (χ4n) is 3.59. The van der Waals surface area contributed by atoms with Crippen LogP contribution < -0.4 is 10.9 Å². The SMILES string of the molecule is Cc1c(Cl)cccc1NC(=O)C(C)n1cnc2scc(-c3ccc(C(C)C)cc3)c2c1=O. The summed E-state index contributed by atoms with van der Waals surface area (Å²) in [6.07, 6.45) is 1.45. The average molecular weight is 466 g/mol. The minimum absolute atomic E-state index is 0.232. The summed E-state index contributed by atoms with van der Waals surface area (Å²) in [6.45, 7) is 7.82. The van der Waals surface area contributed by atoms with E-state index < -0.39 is 6.04 Å². The molecule has 2 heterocycles. The van der Waals surface area contributed by atoms with Crippen LogP contribution in [-0.4, -0.2) is 15.5 Å².